The van der Waals surface area contributed by atoms with Gasteiger partial charge in [-0.1, -0.05) is 0 Å². The highest BCUT2D eigenvalue weighted by Crippen LogP contribution is 2.28. The van der Waals surface area contributed by atoms with Crippen LogP contribution in [0.5, 0.6) is 0 Å². The Morgan fingerprint density at radius 1 is 1.43 bits per heavy atom. The molecule has 2 heterocycles. The first-order valence-electron chi connectivity index (χ1n) is 7.01. The van der Waals surface area contributed by atoms with Crippen LogP contribution in [0, 0.1) is 6.92 Å². The van der Waals surface area contributed by atoms with Gasteiger partial charge < -0.3 is 14.4 Å². The van der Waals surface area contributed by atoms with Crippen LogP contribution in [0.1, 0.15) is 34.6 Å². The Bertz CT molecular complexity index is 578. The van der Waals surface area contributed by atoms with E-state index in [4.69, 9.17) is 9.52 Å². The smallest absolute Gasteiger partial charge is 0.273 e. The van der Waals surface area contributed by atoms with Gasteiger partial charge in [0.25, 0.3) is 5.91 Å². The molecule has 1 amide bonds. The lowest BCUT2D eigenvalue weighted by atomic mass is 10.2. The number of thiazole rings is 1. The van der Waals surface area contributed by atoms with Crippen molar-refractivity contribution in [2.45, 2.75) is 26.2 Å². The van der Waals surface area contributed by atoms with E-state index in [-0.39, 0.29) is 12.5 Å². The number of furan rings is 1. The van der Waals surface area contributed by atoms with Gasteiger partial charge in [-0.05, 0) is 38.3 Å². The van der Waals surface area contributed by atoms with E-state index in [1.54, 1.807) is 24.3 Å². The molecule has 114 valence electrons. The number of aromatic nitrogens is 1. The molecule has 0 aliphatic carbocycles. The van der Waals surface area contributed by atoms with Gasteiger partial charge in [0, 0.05) is 25.1 Å². The number of aliphatic hydroxyl groups is 1. The second kappa shape index (κ2) is 7.38. The number of nitrogens with zero attached hydrogens (tertiary/aromatic N) is 2. The normalized spacial score (nSPS) is 10.8. The molecule has 0 aliphatic heterocycles. The molecule has 2 aromatic rings. The number of carbonyl (C=O) groups excluding carboxylic acids is 1. The third-order valence-corrected chi connectivity index (χ3v) is 4.21. The lowest BCUT2D eigenvalue weighted by Crippen LogP contribution is -2.28. The van der Waals surface area contributed by atoms with Crippen molar-refractivity contribution >= 4 is 17.2 Å². The average Bonchev–Trinajstić information content (AvgIpc) is 3.11. The molecule has 2 rings (SSSR count). The molecular formula is C15H20N2O3S. The van der Waals surface area contributed by atoms with E-state index >= 15 is 0 Å². The van der Waals surface area contributed by atoms with Crippen molar-refractivity contribution in [3.63, 3.8) is 0 Å². The Balaban J connectivity index is 2.02. The Kier molecular flexibility index (Phi) is 5.52. The fourth-order valence-electron chi connectivity index (χ4n) is 2.02. The molecule has 2 aromatic heterocycles. The van der Waals surface area contributed by atoms with Crippen LogP contribution in [-0.2, 0) is 0 Å². The van der Waals surface area contributed by atoms with Gasteiger partial charge >= 0.3 is 0 Å². The zero-order chi connectivity index (χ0) is 15.2. The van der Waals surface area contributed by atoms with Gasteiger partial charge in [0.15, 0.2) is 10.8 Å². The van der Waals surface area contributed by atoms with Gasteiger partial charge in [-0.15, -0.1) is 11.3 Å². The summed E-state index contributed by atoms with van der Waals surface area (Å²) in [5.41, 5.74) is 0.496. The number of aryl methyl sites for hydroxylation is 1. The molecule has 6 heteroatoms. The summed E-state index contributed by atoms with van der Waals surface area (Å²) in [5, 5.41) is 9.48. The first-order chi connectivity index (χ1) is 10.1. The van der Waals surface area contributed by atoms with Crippen molar-refractivity contribution in [1.82, 2.24) is 9.88 Å². The molecule has 0 bridgehead atoms. The molecule has 0 saturated heterocycles. The van der Waals surface area contributed by atoms with Crippen molar-refractivity contribution < 1.29 is 14.3 Å². The van der Waals surface area contributed by atoms with Crippen LogP contribution in [0.2, 0.25) is 0 Å². The van der Waals surface area contributed by atoms with Crippen molar-refractivity contribution in [3.05, 3.63) is 29.0 Å². The predicted molar refractivity (Wildman–Crippen MR) is 82.5 cm³/mol. The van der Waals surface area contributed by atoms with Gasteiger partial charge in [0.2, 0.25) is 0 Å². The lowest BCUT2D eigenvalue weighted by molar-refractivity contribution is 0.0786. The van der Waals surface area contributed by atoms with Gasteiger partial charge in [0.1, 0.15) is 5.69 Å². The summed E-state index contributed by atoms with van der Waals surface area (Å²) in [7, 11) is 1.78. The topological polar surface area (TPSA) is 66.6 Å². The number of rotatable bonds is 7. The summed E-state index contributed by atoms with van der Waals surface area (Å²) >= 11 is 1.46. The number of hydrogen-bond acceptors (Lipinski definition) is 5. The zero-order valence-electron chi connectivity index (χ0n) is 12.3. The fraction of sp³-hybridized carbons (Fsp3) is 0.467. The molecule has 21 heavy (non-hydrogen) atoms. The number of hydrogen-bond donors (Lipinski definition) is 1. The second-order valence-corrected chi connectivity index (χ2v) is 6.12. The van der Waals surface area contributed by atoms with E-state index in [9.17, 15) is 4.79 Å². The maximum absolute atomic E-state index is 12.4. The number of amides is 1. The fourth-order valence-corrected chi connectivity index (χ4v) is 2.89. The highest BCUT2D eigenvalue weighted by atomic mass is 32.1. The third-order valence-electron chi connectivity index (χ3n) is 3.23. The summed E-state index contributed by atoms with van der Waals surface area (Å²) in [4.78, 5) is 19.4. The molecule has 0 spiro atoms. The maximum atomic E-state index is 12.4. The van der Waals surface area contributed by atoms with E-state index in [0.717, 1.165) is 29.1 Å². The van der Waals surface area contributed by atoms with Crippen LogP contribution >= 0.6 is 11.3 Å². The molecule has 0 saturated carbocycles. The van der Waals surface area contributed by atoms with Crippen molar-refractivity contribution in [3.8, 4) is 10.8 Å². The zero-order valence-corrected chi connectivity index (χ0v) is 13.2. The van der Waals surface area contributed by atoms with Crippen LogP contribution in [0.15, 0.2) is 22.8 Å². The van der Waals surface area contributed by atoms with E-state index in [2.05, 4.69) is 4.98 Å². The largest absolute Gasteiger partial charge is 0.462 e. The Hall–Kier alpha value is -1.66. The summed E-state index contributed by atoms with van der Waals surface area (Å²) in [6.07, 6.45) is 4.18. The van der Waals surface area contributed by atoms with Gasteiger partial charge in [-0.25, -0.2) is 4.98 Å². The molecule has 0 fully saturated rings. The van der Waals surface area contributed by atoms with Crippen LogP contribution in [-0.4, -0.2) is 41.1 Å². The van der Waals surface area contributed by atoms with Gasteiger partial charge in [-0.3, -0.25) is 4.79 Å². The van der Waals surface area contributed by atoms with Crippen molar-refractivity contribution in [2.75, 3.05) is 20.2 Å². The maximum Gasteiger partial charge on any atom is 0.273 e. The highest BCUT2D eigenvalue weighted by Gasteiger charge is 2.20. The molecule has 1 N–H and O–H groups in total. The average molecular weight is 308 g/mol. The van der Waals surface area contributed by atoms with E-state index in [1.165, 1.54) is 11.3 Å². The molecular weight excluding hydrogens is 288 g/mol. The summed E-state index contributed by atoms with van der Waals surface area (Å²) in [6.45, 7) is 2.78. The minimum Gasteiger partial charge on any atom is -0.462 e. The van der Waals surface area contributed by atoms with Crippen molar-refractivity contribution in [2.24, 2.45) is 0 Å². The number of unbranched alkanes of at least 4 members (excludes halogenated alkanes) is 2. The van der Waals surface area contributed by atoms with Crippen LogP contribution in [0.3, 0.4) is 0 Å². The summed E-state index contributed by atoms with van der Waals surface area (Å²) in [5.74, 6) is 0.623. The minimum absolute atomic E-state index is 0.0643. The second-order valence-electron chi connectivity index (χ2n) is 4.91. The third kappa shape index (κ3) is 3.92. The minimum atomic E-state index is -0.0643. The molecule has 0 radical (unpaired) electrons. The Labute approximate surface area is 128 Å². The SMILES string of the molecule is Cc1sc(-c2ccco2)nc1C(=O)N(C)CCCCCO. The van der Waals surface area contributed by atoms with E-state index in [1.807, 2.05) is 13.0 Å². The van der Waals surface area contributed by atoms with Crippen LogP contribution in [0.25, 0.3) is 10.8 Å². The standard InChI is InChI=1S/C15H20N2O3S/c1-11-13(15(19)17(2)8-4-3-5-9-18)16-14(21-11)12-7-6-10-20-12/h6-7,10,18H,3-5,8-9H2,1-2H3. The molecule has 0 aromatic carbocycles. The monoisotopic (exact) mass is 308 g/mol. The van der Waals surface area contributed by atoms with Crippen LogP contribution in [0.4, 0.5) is 0 Å². The molecule has 0 aliphatic rings. The summed E-state index contributed by atoms with van der Waals surface area (Å²) in [6, 6.07) is 3.64. The van der Waals surface area contributed by atoms with Crippen molar-refractivity contribution in [1.29, 1.82) is 0 Å². The van der Waals surface area contributed by atoms with Crippen LogP contribution < -0.4 is 0 Å². The molecule has 0 unspecified atom stereocenters. The Morgan fingerprint density at radius 3 is 2.90 bits per heavy atom. The number of aliphatic hydroxyl groups excluding tert-OH is 1. The summed E-state index contributed by atoms with van der Waals surface area (Å²) < 4.78 is 5.32. The molecule has 5 nitrogen and oxygen atoms in total. The molecule has 0 atom stereocenters. The van der Waals surface area contributed by atoms with Gasteiger partial charge in [-0.2, -0.15) is 0 Å². The van der Waals surface area contributed by atoms with Gasteiger partial charge in [0.05, 0.1) is 6.26 Å². The first-order valence-corrected chi connectivity index (χ1v) is 7.82. The number of carbonyl (C=O) groups is 1. The van der Waals surface area contributed by atoms with E-state index < -0.39 is 0 Å². The van der Waals surface area contributed by atoms with E-state index in [0.29, 0.717) is 18.0 Å². The lowest BCUT2D eigenvalue weighted by Gasteiger charge is -2.16. The predicted octanol–water partition coefficient (Wildman–Crippen LogP) is 2.95. The Morgan fingerprint density at radius 2 is 2.24 bits per heavy atom. The highest BCUT2D eigenvalue weighted by molar-refractivity contribution is 7.15. The quantitative estimate of drug-likeness (QED) is 0.799. The first kappa shape index (κ1) is 15.7.